The molecule has 1 N–H and O–H groups in total. The first-order valence-electron chi connectivity index (χ1n) is 10.2. The van der Waals surface area contributed by atoms with Gasteiger partial charge in [0.2, 0.25) is 10.0 Å². The number of ether oxygens (including phenoxy) is 1. The Kier molecular flexibility index (Phi) is 9.52. The lowest BCUT2D eigenvalue weighted by Gasteiger charge is -2.37. The number of nitrogens with zero attached hydrogens (tertiary/aromatic N) is 4. The number of aliphatic imine (C=N–C) groups is 1. The van der Waals surface area contributed by atoms with Gasteiger partial charge in [0.15, 0.2) is 5.96 Å². The summed E-state index contributed by atoms with van der Waals surface area (Å²) in [5.41, 5.74) is 0.680. The average molecular weight is 565 g/mol. The number of hydrogen-bond acceptors (Lipinski definition) is 5. The van der Waals surface area contributed by atoms with Crippen molar-refractivity contribution in [1.82, 2.24) is 19.4 Å². The number of carbonyl (C=O) groups is 1. The molecule has 0 aliphatic carbocycles. The van der Waals surface area contributed by atoms with Crippen molar-refractivity contribution in [2.75, 3.05) is 53.9 Å². The Labute approximate surface area is 201 Å². The van der Waals surface area contributed by atoms with Crippen LogP contribution in [0.2, 0.25) is 0 Å². The molecule has 2 aliphatic heterocycles. The van der Waals surface area contributed by atoms with Crippen LogP contribution in [0.1, 0.15) is 18.4 Å². The fraction of sp³-hybridized carbons (Fsp3) is 0.600. The van der Waals surface area contributed by atoms with Crippen molar-refractivity contribution in [2.24, 2.45) is 4.99 Å². The molecule has 3 rings (SSSR count). The van der Waals surface area contributed by atoms with Gasteiger partial charge in [-0.15, -0.1) is 24.0 Å². The molecule has 11 heteroatoms. The molecule has 2 fully saturated rings. The van der Waals surface area contributed by atoms with Crippen LogP contribution in [-0.4, -0.2) is 94.4 Å². The summed E-state index contributed by atoms with van der Waals surface area (Å²) in [5.74, 6) is 0.772. The molecule has 9 nitrogen and oxygen atoms in total. The minimum atomic E-state index is -3.53. The summed E-state index contributed by atoms with van der Waals surface area (Å²) in [7, 11) is 1.22. The summed E-state index contributed by atoms with van der Waals surface area (Å²) in [5, 5.41) is 3.27. The van der Waals surface area contributed by atoms with Crippen molar-refractivity contribution in [3.8, 4) is 0 Å². The fourth-order valence-corrected chi connectivity index (χ4v) is 4.83. The zero-order chi connectivity index (χ0) is 21.7. The molecule has 0 spiro atoms. The lowest BCUT2D eigenvalue weighted by atomic mass is 10.2. The van der Waals surface area contributed by atoms with E-state index in [0.29, 0.717) is 50.9 Å². The van der Waals surface area contributed by atoms with Crippen LogP contribution in [0.5, 0.6) is 0 Å². The lowest BCUT2D eigenvalue weighted by molar-refractivity contribution is -0.142. The molecular weight excluding hydrogens is 533 g/mol. The number of nitrogens with one attached hydrogen (secondary N) is 1. The van der Waals surface area contributed by atoms with E-state index in [4.69, 9.17) is 4.74 Å². The zero-order valence-corrected chi connectivity index (χ0v) is 21.4. The molecular formula is C20H32IN5O4S. The van der Waals surface area contributed by atoms with Crippen molar-refractivity contribution in [3.05, 3.63) is 29.8 Å². The predicted molar refractivity (Wildman–Crippen MR) is 130 cm³/mol. The largest absolute Gasteiger partial charge is 0.368 e. The molecule has 31 heavy (non-hydrogen) atoms. The van der Waals surface area contributed by atoms with E-state index in [1.807, 2.05) is 11.0 Å². The molecule has 0 aromatic heterocycles. The SMILES string of the molecule is CN=C(NCc1ccccc1S(=O)(=O)N(C)C)N1CCN(C(=O)C2CCCO2)CC1.I. The molecule has 1 aromatic rings. The first-order chi connectivity index (χ1) is 14.3. The summed E-state index contributed by atoms with van der Waals surface area (Å²) >= 11 is 0. The number of guanidine groups is 1. The van der Waals surface area contributed by atoms with Gasteiger partial charge in [-0.3, -0.25) is 9.79 Å². The lowest BCUT2D eigenvalue weighted by Crippen LogP contribution is -2.55. The number of hydrogen-bond donors (Lipinski definition) is 1. The Hall–Kier alpha value is -1.44. The van der Waals surface area contributed by atoms with Crippen LogP contribution in [0, 0.1) is 0 Å². The first kappa shape index (κ1) is 25.8. The van der Waals surface area contributed by atoms with Gasteiger partial charge in [-0.2, -0.15) is 0 Å². The third-order valence-corrected chi connectivity index (χ3v) is 7.39. The van der Waals surface area contributed by atoms with Gasteiger partial charge in [0.05, 0.1) is 4.90 Å². The van der Waals surface area contributed by atoms with Crippen LogP contribution in [0.3, 0.4) is 0 Å². The van der Waals surface area contributed by atoms with Crippen molar-refractivity contribution in [1.29, 1.82) is 0 Å². The maximum Gasteiger partial charge on any atom is 0.251 e. The van der Waals surface area contributed by atoms with Gasteiger partial charge in [-0.05, 0) is 24.5 Å². The fourth-order valence-electron chi connectivity index (χ4n) is 3.72. The second kappa shape index (κ2) is 11.4. The Morgan fingerprint density at radius 3 is 2.42 bits per heavy atom. The van der Waals surface area contributed by atoms with Crippen LogP contribution in [0.4, 0.5) is 0 Å². The molecule has 2 heterocycles. The highest BCUT2D eigenvalue weighted by atomic mass is 127. The highest BCUT2D eigenvalue weighted by Crippen LogP contribution is 2.19. The second-order valence-electron chi connectivity index (χ2n) is 7.61. The molecule has 1 atom stereocenters. The Morgan fingerprint density at radius 1 is 1.19 bits per heavy atom. The normalized spacial score (nSPS) is 20.0. The van der Waals surface area contributed by atoms with Crippen molar-refractivity contribution in [3.63, 3.8) is 0 Å². The van der Waals surface area contributed by atoms with Crippen LogP contribution < -0.4 is 5.32 Å². The average Bonchev–Trinajstić information content (AvgIpc) is 3.29. The van der Waals surface area contributed by atoms with E-state index >= 15 is 0 Å². The van der Waals surface area contributed by atoms with Gasteiger partial charge in [0.1, 0.15) is 6.10 Å². The van der Waals surface area contributed by atoms with Crippen LogP contribution in [0.25, 0.3) is 0 Å². The monoisotopic (exact) mass is 565 g/mol. The van der Waals surface area contributed by atoms with Crippen molar-refractivity contribution >= 4 is 45.9 Å². The van der Waals surface area contributed by atoms with E-state index < -0.39 is 10.0 Å². The number of halogens is 1. The van der Waals surface area contributed by atoms with E-state index in [1.54, 1.807) is 25.2 Å². The number of sulfonamides is 1. The Balaban J connectivity index is 0.00000341. The quantitative estimate of drug-likeness (QED) is 0.325. The minimum absolute atomic E-state index is 0. The minimum Gasteiger partial charge on any atom is -0.368 e. The smallest absolute Gasteiger partial charge is 0.251 e. The maximum atomic E-state index is 12.6. The molecule has 2 aliphatic rings. The van der Waals surface area contributed by atoms with E-state index in [-0.39, 0.29) is 40.9 Å². The molecule has 1 unspecified atom stereocenters. The molecule has 0 bridgehead atoms. The highest BCUT2D eigenvalue weighted by Gasteiger charge is 2.31. The third kappa shape index (κ3) is 6.08. The molecule has 1 amide bonds. The van der Waals surface area contributed by atoms with E-state index in [0.717, 1.165) is 12.8 Å². The van der Waals surface area contributed by atoms with Crippen molar-refractivity contribution < 1.29 is 17.9 Å². The summed E-state index contributed by atoms with van der Waals surface area (Å²) in [6, 6.07) is 6.96. The van der Waals surface area contributed by atoms with Gasteiger partial charge < -0.3 is 19.9 Å². The molecule has 0 saturated carbocycles. The van der Waals surface area contributed by atoms with Crippen LogP contribution in [0.15, 0.2) is 34.2 Å². The molecule has 1 aromatic carbocycles. The first-order valence-corrected chi connectivity index (χ1v) is 11.6. The second-order valence-corrected chi connectivity index (χ2v) is 9.73. The zero-order valence-electron chi connectivity index (χ0n) is 18.3. The summed E-state index contributed by atoms with van der Waals surface area (Å²) < 4.78 is 31.9. The van der Waals surface area contributed by atoms with Crippen LogP contribution in [-0.2, 0) is 26.1 Å². The molecule has 0 radical (unpaired) electrons. The van der Waals surface area contributed by atoms with E-state index in [1.165, 1.54) is 18.4 Å². The van der Waals surface area contributed by atoms with Gasteiger partial charge in [-0.25, -0.2) is 12.7 Å². The number of piperazine rings is 1. The Morgan fingerprint density at radius 2 is 1.84 bits per heavy atom. The standard InChI is InChI=1S/C20H31N5O4S.HI/c1-21-20(22-15-16-7-4-5-9-18(16)30(27,28)23(2)3)25-12-10-24(11-13-25)19(26)17-8-6-14-29-17;/h4-5,7,9,17H,6,8,10-15H2,1-3H3,(H,21,22);1H. The third-order valence-electron chi connectivity index (χ3n) is 5.48. The Bertz CT molecular complexity index is 879. The summed E-state index contributed by atoms with van der Waals surface area (Å²) in [4.78, 5) is 21.1. The van der Waals surface area contributed by atoms with Crippen molar-refractivity contribution in [2.45, 2.75) is 30.4 Å². The van der Waals surface area contributed by atoms with Gasteiger partial charge in [0, 0.05) is 60.5 Å². The topological polar surface area (TPSA) is 94.5 Å². The number of carbonyl (C=O) groups excluding carboxylic acids is 1. The van der Waals surface area contributed by atoms with Crippen LogP contribution >= 0.6 is 24.0 Å². The van der Waals surface area contributed by atoms with Gasteiger partial charge >= 0.3 is 0 Å². The van der Waals surface area contributed by atoms with E-state index in [2.05, 4.69) is 15.2 Å². The summed E-state index contributed by atoms with van der Waals surface area (Å²) in [6.07, 6.45) is 1.46. The predicted octanol–water partition coefficient (Wildman–Crippen LogP) is 0.954. The maximum absolute atomic E-state index is 12.6. The number of amides is 1. The van der Waals surface area contributed by atoms with Gasteiger partial charge in [-0.1, -0.05) is 18.2 Å². The van der Waals surface area contributed by atoms with Gasteiger partial charge in [0.25, 0.3) is 5.91 Å². The molecule has 2 saturated heterocycles. The number of benzene rings is 1. The molecule has 174 valence electrons. The van der Waals surface area contributed by atoms with E-state index in [9.17, 15) is 13.2 Å². The number of rotatable bonds is 5. The summed E-state index contributed by atoms with van der Waals surface area (Å²) in [6.45, 7) is 3.56. The highest BCUT2D eigenvalue weighted by molar-refractivity contribution is 14.0.